The van der Waals surface area contributed by atoms with Crippen molar-refractivity contribution in [2.45, 2.75) is 20.3 Å². The lowest BCUT2D eigenvalue weighted by Crippen LogP contribution is -1.95. The van der Waals surface area contributed by atoms with E-state index in [4.69, 9.17) is 10.5 Å². The second kappa shape index (κ2) is 5.26. The average Bonchev–Trinajstić information content (AvgIpc) is 2.36. The number of anilines is 1. The third-order valence-electron chi connectivity index (χ3n) is 2.98. The summed E-state index contributed by atoms with van der Waals surface area (Å²) >= 11 is 0. The number of nitrogens with two attached hydrogens (primary N) is 1. The first-order valence-electron chi connectivity index (χ1n) is 5.90. The number of nitrogen functional groups attached to an aromatic ring is 1. The monoisotopic (exact) mass is 263 g/mol. The van der Waals surface area contributed by atoms with E-state index >= 15 is 0 Å². The molecule has 0 saturated heterocycles. The maximum atomic E-state index is 12.9. The van der Waals surface area contributed by atoms with Crippen LogP contribution in [-0.4, -0.2) is 0 Å². The van der Waals surface area contributed by atoms with Gasteiger partial charge in [0.25, 0.3) is 6.43 Å². The van der Waals surface area contributed by atoms with Gasteiger partial charge in [-0.05, 0) is 55.3 Å². The topological polar surface area (TPSA) is 35.2 Å². The van der Waals surface area contributed by atoms with Gasteiger partial charge in [-0.25, -0.2) is 8.78 Å². The molecule has 2 aromatic carbocycles. The zero-order valence-corrected chi connectivity index (χ0v) is 10.8. The van der Waals surface area contributed by atoms with Crippen LogP contribution >= 0.6 is 0 Å². The summed E-state index contributed by atoms with van der Waals surface area (Å²) < 4.78 is 31.4. The van der Waals surface area contributed by atoms with Crippen LogP contribution in [-0.2, 0) is 0 Å². The molecule has 0 aliphatic rings. The molecule has 0 unspecified atom stereocenters. The van der Waals surface area contributed by atoms with E-state index in [1.165, 1.54) is 12.1 Å². The smallest absolute Gasteiger partial charge is 0.267 e. The normalized spacial score (nSPS) is 10.8. The van der Waals surface area contributed by atoms with Crippen LogP contribution in [0.5, 0.6) is 11.5 Å². The van der Waals surface area contributed by atoms with Crippen molar-refractivity contribution in [2.24, 2.45) is 0 Å². The Hall–Kier alpha value is -2.10. The van der Waals surface area contributed by atoms with E-state index in [0.717, 1.165) is 11.1 Å². The third-order valence-corrected chi connectivity index (χ3v) is 2.98. The summed E-state index contributed by atoms with van der Waals surface area (Å²) in [5.74, 6) is 0.669. The predicted octanol–water partition coefficient (Wildman–Crippen LogP) is 4.62. The lowest BCUT2D eigenvalue weighted by Gasteiger charge is -2.12. The van der Waals surface area contributed by atoms with Gasteiger partial charge < -0.3 is 10.5 Å². The zero-order valence-electron chi connectivity index (χ0n) is 10.8. The average molecular weight is 263 g/mol. The van der Waals surface area contributed by atoms with Gasteiger partial charge in [0, 0.05) is 5.69 Å². The lowest BCUT2D eigenvalue weighted by atomic mass is 10.1. The van der Waals surface area contributed by atoms with Crippen LogP contribution in [0.3, 0.4) is 0 Å². The number of benzene rings is 2. The van der Waals surface area contributed by atoms with Crippen molar-refractivity contribution < 1.29 is 13.5 Å². The molecule has 2 aromatic rings. The SMILES string of the molecule is Cc1ccc(Oc2ccc(N)cc2C(F)F)cc1C. The van der Waals surface area contributed by atoms with E-state index in [2.05, 4.69) is 0 Å². The van der Waals surface area contributed by atoms with Crippen LogP contribution < -0.4 is 10.5 Å². The minimum Gasteiger partial charge on any atom is -0.457 e. The summed E-state index contributed by atoms with van der Waals surface area (Å²) in [5, 5.41) is 0. The van der Waals surface area contributed by atoms with Crippen molar-refractivity contribution in [3.63, 3.8) is 0 Å². The molecule has 0 saturated carbocycles. The Bertz CT molecular complexity index is 597. The first kappa shape index (κ1) is 13.3. The second-order valence-electron chi connectivity index (χ2n) is 4.45. The van der Waals surface area contributed by atoms with Gasteiger partial charge >= 0.3 is 0 Å². The molecule has 19 heavy (non-hydrogen) atoms. The van der Waals surface area contributed by atoms with Crippen molar-refractivity contribution >= 4 is 5.69 Å². The molecule has 2 nitrogen and oxygen atoms in total. The van der Waals surface area contributed by atoms with Gasteiger partial charge in [0.1, 0.15) is 11.5 Å². The second-order valence-corrected chi connectivity index (χ2v) is 4.45. The molecule has 0 atom stereocenters. The molecule has 0 aliphatic carbocycles. The number of hydrogen-bond donors (Lipinski definition) is 1. The van der Waals surface area contributed by atoms with Gasteiger partial charge in [-0.3, -0.25) is 0 Å². The standard InChI is InChI=1S/C15H15F2NO/c1-9-3-5-12(7-10(9)2)19-14-6-4-11(18)8-13(14)15(16)17/h3-8,15H,18H2,1-2H3. The highest BCUT2D eigenvalue weighted by Gasteiger charge is 2.15. The number of rotatable bonds is 3. The summed E-state index contributed by atoms with van der Waals surface area (Å²) in [5.41, 5.74) is 7.78. The van der Waals surface area contributed by atoms with E-state index < -0.39 is 6.43 Å². The summed E-state index contributed by atoms with van der Waals surface area (Å²) in [6.07, 6.45) is -2.62. The highest BCUT2D eigenvalue weighted by Crippen LogP contribution is 2.34. The molecule has 0 radical (unpaired) electrons. The van der Waals surface area contributed by atoms with Crippen LogP contribution in [0.4, 0.5) is 14.5 Å². The highest BCUT2D eigenvalue weighted by atomic mass is 19.3. The van der Waals surface area contributed by atoms with E-state index in [0.29, 0.717) is 11.4 Å². The van der Waals surface area contributed by atoms with Crippen LogP contribution in [0.2, 0.25) is 0 Å². The lowest BCUT2D eigenvalue weighted by molar-refractivity contribution is 0.148. The Labute approximate surface area is 110 Å². The van der Waals surface area contributed by atoms with Gasteiger partial charge in [-0.15, -0.1) is 0 Å². The fourth-order valence-corrected chi connectivity index (χ4v) is 1.73. The minimum atomic E-state index is -2.62. The molecule has 0 heterocycles. The number of aryl methyl sites for hydroxylation is 2. The highest BCUT2D eigenvalue weighted by molar-refractivity contribution is 5.50. The van der Waals surface area contributed by atoms with Gasteiger partial charge in [-0.1, -0.05) is 6.07 Å². The van der Waals surface area contributed by atoms with Crippen LogP contribution in [0.25, 0.3) is 0 Å². The summed E-state index contributed by atoms with van der Waals surface area (Å²) in [6, 6.07) is 9.72. The molecule has 0 spiro atoms. The Morgan fingerprint density at radius 3 is 2.37 bits per heavy atom. The maximum Gasteiger partial charge on any atom is 0.267 e. The van der Waals surface area contributed by atoms with Gasteiger partial charge in [0.2, 0.25) is 0 Å². The molecule has 0 aliphatic heterocycles. The first-order chi connectivity index (χ1) is 8.97. The van der Waals surface area contributed by atoms with Crippen molar-refractivity contribution in [3.8, 4) is 11.5 Å². The van der Waals surface area contributed by atoms with Crippen molar-refractivity contribution in [1.29, 1.82) is 0 Å². The fraction of sp³-hybridized carbons (Fsp3) is 0.200. The molecule has 0 aromatic heterocycles. The van der Waals surface area contributed by atoms with Crippen molar-refractivity contribution in [1.82, 2.24) is 0 Å². The number of hydrogen-bond acceptors (Lipinski definition) is 2. The Balaban J connectivity index is 2.35. The van der Waals surface area contributed by atoms with Crippen LogP contribution in [0.1, 0.15) is 23.1 Å². The number of ether oxygens (including phenoxy) is 1. The largest absolute Gasteiger partial charge is 0.457 e. The fourth-order valence-electron chi connectivity index (χ4n) is 1.73. The zero-order chi connectivity index (χ0) is 14.0. The Morgan fingerprint density at radius 2 is 1.74 bits per heavy atom. The summed E-state index contributed by atoms with van der Waals surface area (Å²) in [7, 11) is 0. The van der Waals surface area contributed by atoms with Crippen molar-refractivity contribution in [2.75, 3.05) is 5.73 Å². The molecular formula is C15H15F2NO. The Morgan fingerprint density at radius 1 is 1.00 bits per heavy atom. The first-order valence-corrected chi connectivity index (χ1v) is 5.90. The quantitative estimate of drug-likeness (QED) is 0.820. The molecule has 100 valence electrons. The molecule has 0 bridgehead atoms. The van der Waals surface area contributed by atoms with E-state index in [9.17, 15) is 8.78 Å². The summed E-state index contributed by atoms with van der Waals surface area (Å²) in [4.78, 5) is 0. The van der Waals surface area contributed by atoms with Crippen LogP contribution in [0, 0.1) is 13.8 Å². The molecule has 0 amide bonds. The van der Waals surface area contributed by atoms with E-state index in [1.807, 2.05) is 26.0 Å². The van der Waals surface area contributed by atoms with E-state index in [-0.39, 0.29) is 11.3 Å². The summed E-state index contributed by atoms with van der Waals surface area (Å²) in [6.45, 7) is 3.92. The molecular weight excluding hydrogens is 248 g/mol. The van der Waals surface area contributed by atoms with Crippen LogP contribution in [0.15, 0.2) is 36.4 Å². The number of alkyl halides is 2. The molecule has 4 heteroatoms. The molecule has 0 fully saturated rings. The predicted molar refractivity (Wildman–Crippen MR) is 71.8 cm³/mol. The number of halogens is 2. The van der Waals surface area contributed by atoms with Gasteiger partial charge in [0.15, 0.2) is 0 Å². The Kier molecular flexibility index (Phi) is 3.69. The maximum absolute atomic E-state index is 12.9. The molecule has 2 N–H and O–H groups in total. The van der Waals surface area contributed by atoms with E-state index in [1.54, 1.807) is 12.1 Å². The minimum absolute atomic E-state index is 0.132. The van der Waals surface area contributed by atoms with Gasteiger partial charge in [0.05, 0.1) is 5.56 Å². The molecule has 2 rings (SSSR count). The van der Waals surface area contributed by atoms with Gasteiger partial charge in [-0.2, -0.15) is 0 Å². The van der Waals surface area contributed by atoms with Crippen molar-refractivity contribution in [3.05, 3.63) is 53.1 Å². The third kappa shape index (κ3) is 3.02.